The maximum Gasteiger partial charge on any atom is 0.334 e. The number of esters is 2. The van der Waals surface area contributed by atoms with Crippen LogP contribution >= 0.6 is 0 Å². The predicted molar refractivity (Wildman–Crippen MR) is 64.6 cm³/mol. The van der Waals surface area contributed by atoms with Gasteiger partial charge in [0.1, 0.15) is 13.2 Å². The summed E-state index contributed by atoms with van der Waals surface area (Å²) in [7, 11) is 0. The van der Waals surface area contributed by atoms with E-state index in [1.165, 1.54) is 0 Å². The summed E-state index contributed by atoms with van der Waals surface area (Å²) in [5, 5.41) is 16.9. The molecule has 0 aliphatic rings. The molecule has 0 bridgehead atoms. The third-order valence-corrected chi connectivity index (χ3v) is 1.74. The van der Waals surface area contributed by atoms with Crippen LogP contribution in [0, 0.1) is 0 Å². The summed E-state index contributed by atoms with van der Waals surface area (Å²) in [6.07, 6.45) is 1.42. The van der Waals surface area contributed by atoms with Gasteiger partial charge >= 0.3 is 23.9 Å². The molecular weight excluding hydrogens is 272 g/mol. The molecular formula is C12H12O8. The van der Waals surface area contributed by atoms with Gasteiger partial charge in [0, 0.05) is 12.2 Å². The van der Waals surface area contributed by atoms with Crippen LogP contribution in [0.2, 0.25) is 0 Å². The van der Waals surface area contributed by atoms with Crippen LogP contribution in [0.25, 0.3) is 0 Å². The molecule has 20 heavy (non-hydrogen) atoms. The Hall–Kier alpha value is -2.90. The van der Waals surface area contributed by atoms with Crippen molar-refractivity contribution in [2.45, 2.75) is 0 Å². The molecule has 108 valence electrons. The Labute approximate surface area is 113 Å². The Balaban J connectivity index is 4.09. The molecule has 8 heteroatoms. The number of carbonyl (C=O) groups is 4. The van der Waals surface area contributed by atoms with Crippen molar-refractivity contribution in [1.29, 1.82) is 0 Å². The third kappa shape index (κ3) is 7.43. The Morgan fingerprint density at radius 3 is 1.35 bits per heavy atom. The van der Waals surface area contributed by atoms with Crippen molar-refractivity contribution in [3.63, 3.8) is 0 Å². The SMILES string of the molecule is C=C(COC(=O)/C=C\C(=O)OCC(=C)C(=O)O)C(=O)O. The van der Waals surface area contributed by atoms with Crippen molar-refractivity contribution in [2.24, 2.45) is 0 Å². The molecule has 0 spiro atoms. The molecule has 0 aliphatic heterocycles. The van der Waals surface area contributed by atoms with Crippen molar-refractivity contribution < 1.29 is 38.9 Å². The molecule has 0 aromatic carbocycles. The van der Waals surface area contributed by atoms with Gasteiger partial charge in [-0.1, -0.05) is 13.2 Å². The second-order valence-electron chi connectivity index (χ2n) is 3.37. The van der Waals surface area contributed by atoms with Gasteiger partial charge in [0.05, 0.1) is 11.1 Å². The average Bonchev–Trinajstić information content (AvgIpc) is 2.39. The van der Waals surface area contributed by atoms with Crippen molar-refractivity contribution in [2.75, 3.05) is 13.2 Å². The van der Waals surface area contributed by atoms with E-state index in [4.69, 9.17) is 10.2 Å². The molecule has 2 N–H and O–H groups in total. The second kappa shape index (κ2) is 8.25. The molecule has 0 aromatic heterocycles. The van der Waals surface area contributed by atoms with E-state index in [0.717, 1.165) is 0 Å². The van der Waals surface area contributed by atoms with Crippen LogP contribution in [0.1, 0.15) is 0 Å². The highest BCUT2D eigenvalue weighted by Crippen LogP contribution is 1.95. The zero-order chi connectivity index (χ0) is 15.7. The van der Waals surface area contributed by atoms with Crippen LogP contribution < -0.4 is 0 Å². The first kappa shape index (κ1) is 17.1. The van der Waals surface area contributed by atoms with Crippen molar-refractivity contribution in [1.82, 2.24) is 0 Å². The topological polar surface area (TPSA) is 127 Å². The van der Waals surface area contributed by atoms with Gasteiger partial charge in [0.2, 0.25) is 0 Å². The highest BCUT2D eigenvalue weighted by atomic mass is 16.5. The van der Waals surface area contributed by atoms with Crippen LogP contribution in [0.3, 0.4) is 0 Å². The van der Waals surface area contributed by atoms with Gasteiger partial charge in [-0.3, -0.25) is 0 Å². The van der Waals surface area contributed by atoms with E-state index >= 15 is 0 Å². The standard InChI is InChI=1S/C12H12O8/c1-7(11(15)16)5-19-9(13)3-4-10(14)20-6-8(2)12(17)18/h3-4H,1-2,5-6H2,(H,15,16)(H,17,18)/b4-3-. The lowest BCUT2D eigenvalue weighted by Crippen LogP contribution is -2.12. The molecule has 0 saturated carbocycles. The van der Waals surface area contributed by atoms with Gasteiger partial charge in [-0.2, -0.15) is 0 Å². The van der Waals surface area contributed by atoms with E-state index in [-0.39, 0.29) is 11.1 Å². The number of rotatable bonds is 8. The first-order valence-corrected chi connectivity index (χ1v) is 5.07. The quantitative estimate of drug-likeness (QED) is 0.467. The Kier molecular flexibility index (Phi) is 7.05. The molecule has 0 amide bonds. The Morgan fingerprint density at radius 1 is 0.800 bits per heavy atom. The number of hydrogen-bond donors (Lipinski definition) is 2. The largest absolute Gasteiger partial charge is 0.478 e. The summed E-state index contributed by atoms with van der Waals surface area (Å²) < 4.78 is 8.91. The molecule has 0 radical (unpaired) electrons. The van der Waals surface area contributed by atoms with E-state index in [1.54, 1.807) is 0 Å². The van der Waals surface area contributed by atoms with Gasteiger partial charge < -0.3 is 19.7 Å². The van der Waals surface area contributed by atoms with Gasteiger partial charge in [0.25, 0.3) is 0 Å². The summed E-state index contributed by atoms with van der Waals surface area (Å²) in [5.41, 5.74) is -0.654. The summed E-state index contributed by atoms with van der Waals surface area (Å²) in [4.78, 5) is 42.8. The molecule has 0 atom stereocenters. The fraction of sp³-hybridized carbons (Fsp3) is 0.167. The van der Waals surface area contributed by atoms with Crippen molar-refractivity contribution in [3.8, 4) is 0 Å². The Morgan fingerprint density at radius 2 is 1.10 bits per heavy atom. The summed E-state index contributed by atoms with van der Waals surface area (Å²) >= 11 is 0. The predicted octanol–water partition coefficient (Wildman–Crippen LogP) is -0.0894. The molecule has 8 nitrogen and oxygen atoms in total. The number of carboxylic acid groups (broad SMARTS) is 2. The van der Waals surface area contributed by atoms with Gasteiger partial charge in [-0.05, 0) is 0 Å². The molecule has 0 heterocycles. The fourth-order valence-corrected chi connectivity index (χ4v) is 0.672. The fourth-order valence-electron chi connectivity index (χ4n) is 0.672. The van der Waals surface area contributed by atoms with E-state index < -0.39 is 37.1 Å². The number of carbonyl (C=O) groups excluding carboxylic acids is 2. The molecule has 0 aromatic rings. The minimum Gasteiger partial charge on any atom is -0.478 e. The monoisotopic (exact) mass is 284 g/mol. The van der Waals surface area contributed by atoms with Crippen LogP contribution in [-0.4, -0.2) is 47.3 Å². The lowest BCUT2D eigenvalue weighted by atomic mass is 10.3. The maximum atomic E-state index is 11.1. The normalized spacial score (nSPS) is 9.80. The highest BCUT2D eigenvalue weighted by Gasteiger charge is 2.08. The smallest absolute Gasteiger partial charge is 0.334 e. The second-order valence-corrected chi connectivity index (χ2v) is 3.37. The van der Waals surface area contributed by atoms with Crippen molar-refractivity contribution in [3.05, 3.63) is 36.5 Å². The van der Waals surface area contributed by atoms with E-state index in [2.05, 4.69) is 22.6 Å². The zero-order valence-electron chi connectivity index (χ0n) is 10.3. The van der Waals surface area contributed by atoms with Crippen LogP contribution in [-0.2, 0) is 28.7 Å². The molecule has 0 saturated heterocycles. The van der Waals surface area contributed by atoms with Gasteiger partial charge in [-0.15, -0.1) is 0 Å². The van der Waals surface area contributed by atoms with Crippen molar-refractivity contribution >= 4 is 23.9 Å². The van der Waals surface area contributed by atoms with Gasteiger partial charge in [-0.25, -0.2) is 19.2 Å². The summed E-state index contributed by atoms with van der Waals surface area (Å²) in [6.45, 7) is 5.21. The number of carboxylic acids is 2. The molecule has 0 fully saturated rings. The Bertz CT molecular complexity index is 442. The first-order chi connectivity index (χ1) is 9.23. The minimum absolute atomic E-state index is 0.327. The van der Waals surface area contributed by atoms with E-state index in [9.17, 15) is 19.2 Å². The minimum atomic E-state index is -1.31. The first-order valence-electron chi connectivity index (χ1n) is 5.07. The molecule has 0 rings (SSSR count). The number of ether oxygens (including phenoxy) is 2. The lowest BCUT2D eigenvalue weighted by Gasteiger charge is -2.02. The molecule has 0 unspecified atom stereocenters. The number of hydrogen-bond acceptors (Lipinski definition) is 6. The van der Waals surface area contributed by atoms with E-state index in [1.807, 2.05) is 0 Å². The number of aliphatic carboxylic acids is 2. The maximum absolute atomic E-state index is 11.1. The van der Waals surface area contributed by atoms with Crippen LogP contribution in [0.15, 0.2) is 36.5 Å². The van der Waals surface area contributed by atoms with Gasteiger partial charge in [0.15, 0.2) is 0 Å². The summed E-state index contributed by atoms with van der Waals surface area (Å²) in [6, 6.07) is 0. The lowest BCUT2D eigenvalue weighted by molar-refractivity contribution is -0.141. The van der Waals surface area contributed by atoms with Crippen LogP contribution in [0.4, 0.5) is 0 Å². The summed E-state index contributed by atoms with van der Waals surface area (Å²) in [5.74, 6) is -4.57. The molecule has 0 aliphatic carbocycles. The third-order valence-electron chi connectivity index (χ3n) is 1.74. The average molecular weight is 284 g/mol. The highest BCUT2D eigenvalue weighted by molar-refractivity contribution is 5.93. The van der Waals surface area contributed by atoms with E-state index in [0.29, 0.717) is 12.2 Å². The zero-order valence-corrected chi connectivity index (χ0v) is 10.3. The van der Waals surface area contributed by atoms with Crippen LogP contribution in [0.5, 0.6) is 0 Å².